The average molecular weight is 499 g/mol. The number of carbonyl (C=O) groups excluding carboxylic acids is 1. The van der Waals surface area contributed by atoms with Gasteiger partial charge in [-0.15, -0.1) is 11.3 Å². The number of carbonyl (C=O) groups is 3. The molecule has 1 atom stereocenters. The molecule has 1 spiro atoms. The molecule has 3 aliphatic rings. The Morgan fingerprint density at radius 2 is 1.69 bits per heavy atom. The van der Waals surface area contributed by atoms with E-state index in [4.69, 9.17) is 19.8 Å². The van der Waals surface area contributed by atoms with E-state index in [0.717, 1.165) is 51.4 Å². The summed E-state index contributed by atoms with van der Waals surface area (Å²) in [7, 11) is 0. The summed E-state index contributed by atoms with van der Waals surface area (Å²) in [5.74, 6) is -2.48. The number of fused-ring (bicyclic) bond motifs is 1. The maximum atomic E-state index is 13.2. The highest BCUT2D eigenvalue weighted by atomic mass is 32.1. The zero-order valence-electron chi connectivity index (χ0n) is 20.0. The van der Waals surface area contributed by atoms with Crippen LogP contribution in [-0.2, 0) is 27.3 Å². The lowest BCUT2D eigenvalue weighted by atomic mass is 9.77. The zero-order valence-corrected chi connectivity index (χ0v) is 20.8. The first-order valence-electron chi connectivity index (χ1n) is 12.5. The van der Waals surface area contributed by atoms with Crippen molar-refractivity contribution in [2.75, 3.05) is 26.2 Å². The van der Waals surface area contributed by atoms with Gasteiger partial charge in [-0.1, -0.05) is 30.3 Å². The molecule has 1 amide bonds. The molecule has 2 fully saturated rings. The molecule has 0 bridgehead atoms. The van der Waals surface area contributed by atoms with E-state index in [1.807, 2.05) is 17.4 Å². The molecule has 5 rings (SSSR count). The van der Waals surface area contributed by atoms with Crippen LogP contribution in [0.15, 0.2) is 41.8 Å². The van der Waals surface area contributed by atoms with Crippen molar-refractivity contribution in [2.24, 2.45) is 5.41 Å². The van der Waals surface area contributed by atoms with Gasteiger partial charge in [-0.2, -0.15) is 0 Å². The van der Waals surface area contributed by atoms with E-state index in [9.17, 15) is 4.79 Å². The summed E-state index contributed by atoms with van der Waals surface area (Å²) in [4.78, 5) is 37.8. The van der Waals surface area contributed by atoms with Crippen LogP contribution in [0.4, 0.5) is 0 Å². The third-order valence-electron chi connectivity index (χ3n) is 7.78. The van der Waals surface area contributed by atoms with Gasteiger partial charge in [0.2, 0.25) is 5.91 Å². The summed E-state index contributed by atoms with van der Waals surface area (Å²) in [5, 5.41) is 17.1. The molecule has 1 unspecified atom stereocenters. The van der Waals surface area contributed by atoms with Crippen LogP contribution in [0.1, 0.15) is 60.4 Å². The topological polar surface area (TPSA) is 98.1 Å². The number of piperidine rings is 1. The molecule has 35 heavy (non-hydrogen) atoms. The highest BCUT2D eigenvalue weighted by Gasteiger charge is 2.47. The highest BCUT2D eigenvalue weighted by molar-refractivity contribution is 7.10. The minimum atomic E-state index is -1.82. The number of carboxylic acids is 2. The van der Waals surface area contributed by atoms with E-state index in [-0.39, 0.29) is 5.41 Å². The van der Waals surface area contributed by atoms with E-state index in [2.05, 4.69) is 45.5 Å². The van der Waals surface area contributed by atoms with Crippen LogP contribution in [0.3, 0.4) is 0 Å². The number of likely N-dealkylation sites (tertiary alicyclic amines) is 2. The minimum absolute atomic E-state index is 0.0728. The van der Waals surface area contributed by atoms with Gasteiger partial charge in [0.25, 0.3) is 0 Å². The Morgan fingerprint density at radius 3 is 2.37 bits per heavy atom. The summed E-state index contributed by atoms with van der Waals surface area (Å²) >= 11 is 1.95. The molecule has 188 valence electrons. The van der Waals surface area contributed by atoms with Crippen molar-refractivity contribution in [3.8, 4) is 0 Å². The fraction of sp³-hybridized carbons (Fsp3) is 0.519. The zero-order chi connectivity index (χ0) is 24.8. The number of carboxylic acid groups (broad SMARTS) is 2. The van der Waals surface area contributed by atoms with Gasteiger partial charge in [-0.05, 0) is 93.1 Å². The van der Waals surface area contributed by atoms with Crippen molar-refractivity contribution < 1.29 is 24.6 Å². The second kappa shape index (κ2) is 11.4. The van der Waals surface area contributed by atoms with Crippen LogP contribution in [0.2, 0.25) is 0 Å². The Bertz CT molecular complexity index is 1020. The number of aryl methyl sites for hydroxylation is 1. The lowest BCUT2D eigenvalue weighted by molar-refractivity contribution is -0.159. The second-order valence-corrected chi connectivity index (χ2v) is 10.9. The van der Waals surface area contributed by atoms with Crippen molar-refractivity contribution in [1.82, 2.24) is 9.80 Å². The fourth-order valence-electron chi connectivity index (χ4n) is 5.74. The maximum Gasteiger partial charge on any atom is 0.414 e. The number of thiophene rings is 1. The molecule has 1 aromatic carbocycles. The minimum Gasteiger partial charge on any atom is -0.473 e. The van der Waals surface area contributed by atoms with Crippen LogP contribution >= 0.6 is 11.3 Å². The Balaban J connectivity index is 0.000000431. The van der Waals surface area contributed by atoms with E-state index < -0.39 is 11.9 Å². The number of hydrogen-bond acceptors (Lipinski definition) is 5. The van der Waals surface area contributed by atoms with Crippen molar-refractivity contribution in [3.05, 3.63) is 57.8 Å². The maximum absolute atomic E-state index is 13.2. The van der Waals surface area contributed by atoms with Gasteiger partial charge >= 0.3 is 11.9 Å². The lowest BCUT2D eigenvalue weighted by Crippen LogP contribution is -2.45. The SMILES string of the molecule is O=C(O)C(=O)O.O=C1N(Cc2ccccc2)CCC12CCN(CCC1CCCc3sccc31)CC2. The summed E-state index contributed by atoms with van der Waals surface area (Å²) in [5.41, 5.74) is 2.81. The quantitative estimate of drug-likeness (QED) is 0.599. The van der Waals surface area contributed by atoms with E-state index >= 15 is 0 Å². The lowest BCUT2D eigenvalue weighted by Gasteiger charge is -2.38. The van der Waals surface area contributed by atoms with E-state index in [1.54, 1.807) is 10.4 Å². The molecule has 2 aliphatic heterocycles. The first-order chi connectivity index (χ1) is 16.9. The van der Waals surface area contributed by atoms with Crippen LogP contribution in [0, 0.1) is 5.41 Å². The predicted molar refractivity (Wildman–Crippen MR) is 134 cm³/mol. The summed E-state index contributed by atoms with van der Waals surface area (Å²) in [6.45, 7) is 5.08. The number of hydrogen-bond donors (Lipinski definition) is 2. The summed E-state index contributed by atoms with van der Waals surface area (Å²) < 4.78 is 0. The Kier molecular flexibility index (Phi) is 8.23. The normalized spacial score (nSPS) is 21.3. The molecule has 1 aromatic heterocycles. The number of aliphatic carboxylic acids is 2. The molecular weight excluding hydrogens is 464 g/mol. The fourth-order valence-corrected chi connectivity index (χ4v) is 6.75. The monoisotopic (exact) mass is 498 g/mol. The first-order valence-corrected chi connectivity index (χ1v) is 13.3. The molecule has 2 saturated heterocycles. The number of nitrogens with zero attached hydrogens (tertiary/aromatic N) is 2. The van der Waals surface area contributed by atoms with Gasteiger partial charge in [-0.25, -0.2) is 9.59 Å². The average Bonchev–Trinajstić information content (AvgIpc) is 3.46. The van der Waals surface area contributed by atoms with Crippen LogP contribution in [0.5, 0.6) is 0 Å². The first kappa shape index (κ1) is 25.4. The van der Waals surface area contributed by atoms with E-state index in [0.29, 0.717) is 5.91 Å². The van der Waals surface area contributed by atoms with Crippen LogP contribution in [-0.4, -0.2) is 64.0 Å². The van der Waals surface area contributed by atoms with Gasteiger partial charge in [0.1, 0.15) is 0 Å². The molecular formula is C27H34N2O5S. The van der Waals surface area contributed by atoms with Crippen molar-refractivity contribution >= 4 is 29.2 Å². The number of rotatable bonds is 5. The number of amides is 1. The highest BCUT2D eigenvalue weighted by Crippen LogP contribution is 2.42. The van der Waals surface area contributed by atoms with Crippen LogP contribution < -0.4 is 0 Å². The smallest absolute Gasteiger partial charge is 0.414 e. The molecule has 3 heterocycles. The van der Waals surface area contributed by atoms with Crippen LogP contribution in [0.25, 0.3) is 0 Å². The molecule has 0 radical (unpaired) electrons. The van der Waals surface area contributed by atoms with Gasteiger partial charge < -0.3 is 20.0 Å². The van der Waals surface area contributed by atoms with Gasteiger partial charge in [-0.3, -0.25) is 4.79 Å². The molecule has 0 saturated carbocycles. The standard InChI is InChI=1S/C25H32N2OS.C2H2O4/c28-24-25(13-17-27(24)19-20-5-2-1-3-6-20)11-15-26(16-12-25)14-9-21-7-4-8-23-22(21)10-18-29-23;3-1(4)2(5)6/h1-3,5-6,10,18,21H,4,7-9,11-17,19H2;(H,3,4)(H,5,6). The van der Waals surface area contributed by atoms with E-state index in [1.165, 1.54) is 37.8 Å². The Morgan fingerprint density at radius 1 is 1.00 bits per heavy atom. The van der Waals surface area contributed by atoms with Gasteiger partial charge in [0, 0.05) is 18.0 Å². The summed E-state index contributed by atoms with van der Waals surface area (Å²) in [6.07, 6.45) is 8.42. The van der Waals surface area contributed by atoms with Crippen molar-refractivity contribution in [3.63, 3.8) is 0 Å². The third-order valence-corrected chi connectivity index (χ3v) is 8.78. The largest absolute Gasteiger partial charge is 0.473 e. The molecule has 1 aliphatic carbocycles. The number of benzene rings is 1. The molecule has 2 aromatic rings. The molecule has 7 nitrogen and oxygen atoms in total. The van der Waals surface area contributed by atoms with Crippen molar-refractivity contribution in [1.29, 1.82) is 0 Å². The Labute approximate surface area is 210 Å². The van der Waals surface area contributed by atoms with Crippen molar-refractivity contribution in [2.45, 2.75) is 57.4 Å². The van der Waals surface area contributed by atoms with Gasteiger partial charge in [0.15, 0.2) is 0 Å². The predicted octanol–water partition coefficient (Wildman–Crippen LogP) is 4.23. The summed E-state index contributed by atoms with van der Waals surface area (Å²) in [6, 6.07) is 12.8. The molecule has 8 heteroatoms. The Hall–Kier alpha value is -2.71. The third kappa shape index (κ3) is 6.11. The van der Waals surface area contributed by atoms with Gasteiger partial charge in [0.05, 0.1) is 5.41 Å². The second-order valence-electron chi connectivity index (χ2n) is 9.87. The molecule has 2 N–H and O–H groups in total.